The molecule has 3 atom stereocenters. The first kappa shape index (κ1) is 25.6. The molecule has 0 fully saturated rings. The molecule has 0 spiro atoms. The maximum atomic E-state index is 12.6. The fourth-order valence-corrected chi connectivity index (χ4v) is 2.68. The number of carbonyl (C=O) groups excluding carboxylic acids is 4. The zero-order valence-electron chi connectivity index (χ0n) is 17.5. The summed E-state index contributed by atoms with van der Waals surface area (Å²) in [6, 6.07) is 5.41. The highest BCUT2D eigenvalue weighted by Gasteiger charge is 2.29. The Kier molecular flexibility index (Phi) is 10.1. The summed E-state index contributed by atoms with van der Waals surface area (Å²) in [6.07, 6.45) is -0.295. The summed E-state index contributed by atoms with van der Waals surface area (Å²) in [7, 11) is 0. The van der Waals surface area contributed by atoms with Crippen molar-refractivity contribution < 1.29 is 29.1 Å². The van der Waals surface area contributed by atoms with E-state index in [9.17, 15) is 29.1 Å². The van der Waals surface area contributed by atoms with Crippen LogP contribution in [0.2, 0.25) is 0 Å². The molecule has 1 rings (SSSR count). The largest absolute Gasteiger partial charge is 0.480 e. The molecule has 170 valence electrons. The molecule has 0 bridgehead atoms. The van der Waals surface area contributed by atoms with Gasteiger partial charge in [0.05, 0.1) is 19.0 Å². The quantitative estimate of drug-likeness (QED) is 0.224. The molecule has 0 radical (unpaired) electrons. The normalized spacial score (nSPS) is 13.5. The zero-order chi connectivity index (χ0) is 23.6. The highest BCUT2D eigenvalue weighted by molar-refractivity contribution is 5.93. The smallest absolute Gasteiger partial charge is 0.326 e. The maximum Gasteiger partial charge on any atom is 0.326 e. The lowest BCUT2D eigenvalue weighted by Crippen LogP contribution is -2.56. The van der Waals surface area contributed by atoms with Crippen molar-refractivity contribution in [1.29, 1.82) is 0 Å². The standard InChI is InChI=1S/C20H29N5O6/c1-11(2)17(25-16(27)10-23-18(28)13(21)9-15(22)26)19(29)24-14(20(30)31)8-12-6-4-3-5-7-12/h3-7,11,13-14,17H,8-10,21H2,1-2H3,(H2,22,26)(H,23,28)(H,24,29)(H,25,27)(H,30,31). The molecule has 4 amide bonds. The van der Waals surface area contributed by atoms with Crippen LogP contribution in [-0.4, -0.2) is 59.4 Å². The summed E-state index contributed by atoms with van der Waals surface area (Å²) >= 11 is 0. The van der Waals surface area contributed by atoms with Crippen LogP contribution in [0.1, 0.15) is 25.8 Å². The lowest BCUT2D eigenvalue weighted by Gasteiger charge is -2.24. The molecule has 0 aliphatic carbocycles. The van der Waals surface area contributed by atoms with Gasteiger partial charge >= 0.3 is 5.97 Å². The van der Waals surface area contributed by atoms with E-state index < -0.39 is 54.3 Å². The van der Waals surface area contributed by atoms with Crippen LogP contribution in [0.5, 0.6) is 0 Å². The van der Waals surface area contributed by atoms with Gasteiger partial charge < -0.3 is 32.5 Å². The number of hydrogen-bond acceptors (Lipinski definition) is 6. The topological polar surface area (TPSA) is 194 Å². The van der Waals surface area contributed by atoms with Gasteiger partial charge in [0.1, 0.15) is 12.1 Å². The van der Waals surface area contributed by atoms with Crippen molar-refractivity contribution in [3.63, 3.8) is 0 Å². The lowest BCUT2D eigenvalue weighted by atomic mass is 10.0. The maximum absolute atomic E-state index is 12.6. The number of amides is 4. The van der Waals surface area contributed by atoms with E-state index in [1.54, 1.807) is 44.2 Å². The van der Waals surface area contributed by atoms with E-state index in [0.29, 0.717) is 0 Å². The Hall–Kier alpha value is -3.47. The molecule has 8 N–H and O–H groups in total. The number of rotatable bonds is 12. The Morgan fingerprint density at radius 2 is 1.61 bits per heavy atom. The van der Waals surface area contributed by atoms with E-state index in [2.05, 4.69) is 16.0 Å². The van der Waals surface area contributed by atoms with Crippen LogP contribution < -0.4 is 27.4 Å². The molecule has 0 aliphatic heterocycles. The Labute approximate surface area is 179 Å². The fourth-order valence-electron chi connectivity index (χ4n) is 2.68. The fraction of sp³-hybridized carbons (Fsp3) is 0.450. The van der Waals surface area contributed by atoms with Gasteiger partial charge in [-0.15, -0.1) is 0 Å². The van der Waals surface area contributed by atoms with Gasteiger partial charge in [0.25, 0.3) is 0 Å². The van der Waals surface area contributed by atoms with Gasteiger partial charge in [-0.2, -0.15) is 0 Å². The second-order valence-corrected chi connectivity index (χ2v) is 7.37. The van der Waals surface area contributed by atoms with Crippen molar-refractivity contribution >= 4 is 29.6 Å². The SMILES string of the molecule is CC(C)C(NC(=O)CNC(=O)C(N)CC(N)=O)C(=O)NC(Cc1ccccc1)C(=O)O. The van der Waals surface area contributed by atoms with Crippen LogP contribution >= 0.6 is 0 Å². The van der Waals surface area contributed by atoms with Crippen molar-refractivity contribution in [1.82, 2.24) is 16.0 Å². The molecule has 3 unspecified atom stereocenters. The van der Waals surface area contributed by atoms with Gasteiger partial charge in [-0.25, -0.2) is 4.79 Å². The van der Waals surface area contributed by atoms with E-state index >= 15 is 0 Å². The number of nitrogens with two attached hydrogens (primary N) is 2. The first-order valence-electron chi connectivity index (χ1n) is 9.69. The van der Waals surface area contributed by atoms with E-state index in [1.165, 1.54) is 0 Å². The Balaban J connectivity index is 2.69. The molecular formula is C20H29N5O6. The number of primary amides is 1. The third-order valence-corrected chi connectivity index (χ3v) is 4.34. The molecule has 0 saturated carbocycles. The van der Waals surface area contributed by atoms with Crippen molar-refractivity contribution in [2.24, 2.45) is 17.4 Å². The number of hydrogen-bond donors (Lipinski definition) is 6. The number of benzene rings is 1. The zero-order valence-corrected chi connectivity index (χ0v) is 17.5. The highest BCUT2D eigenvalue weighted by Crippen LogP contribution is 2.06. The summed E-state index contributed by atoms with van der Waals surface area (Å²) in [5.41, 5.74) is 11.2. The molecule has 31 heavy (non-hydrogen) atoms. The summed E-state index contributed by atoms with van der Waals surface area (Å²) in [4.78, 5) is 58.9. The average molecular weight is 435 g/mol. The second-order valence-electron chi connectivity index (χ2n) is 7.37. The molecule has 0 aromatic heterocycles. The first-order chi connectivity index (χ1) is 14.5. The predicted molar refractivity (Wildman–Crippen MR) is 111 cm³/mol. The Bertz CT molecular complexity index is 799. The summed E-state index contributed by atoms with van der Waals surface area (Å²) in [5, 5.41) is 16.6. The lowest BCUT2D eigenvalue weighted by molar-refractivity contribution is -0.142. The Morgan fingerprint density at radius 1 is 1.00 bits per heavy atom. The molecule has 0 heterocycles. The number of carboxylic acid groups (broad SMARTS) is 1. The third-order valence-electron chi connectivity index (χ3n) is 4.34. The van der Waals surface area contributed by atoms with Crippen molar-refractivity contribution in [2.75, 3.05) is 6.54 Å². The Morgan fingerprint density at radius 3 is 2.13 bits per heavy atom. The first-order valence-corrected chi connectivity index (χ1v) is 9.69. The number of aliphatic carboxylic acids is 1. The van der Waals surface area contributed by atoms with Gasteiger partial charge in [0, 0.05) is 6.42 Å². The molecular weight excluding hydrogens is 406 g/mol. The second kappa shape index (κ2) is 12.3. The molecule has 11 heteroatoms. The van der Waals surface area contributed by atoms with Crippen LogP contribution in [0, 0.1) is 5.92 Å². The van der Waals surface area contributed by atoms with E-state index in [1.807, 2.05) is 0 Å². The van der Waals surface area contributed by atoms with Crippen LogP contribution in [-0.2, 0) is 30.4 Å². The highest BCUT2D eigenvalue weighted by atomic mass is 16.4. The van der Waals surface area contributed by atoms with Gasteiger partial charge in [0.15, 0.2) is 0 Å². The van der Waals surface area contributed by atoms with E-state index in [-0.39, 0.29) is 18.8 Å². The molecule has 1 aromatic carbocycles. The molecule has 0 aliphatic rings. The van der Waals surface area contributed by atoms with Crippen LogP contribution in [0.25, 0.3) is 0 Å². The van der Waals surface area contributed by atoms with Gasteiger partial charge in [0.2, 0.25) is 23.6 Å². The van der Waals surface area contributed by atoms with Crippen LogP contribution in [0.3, 0.4) is 0 Å². The van der Waals surface area contributed by atoms with Crippen molar-refractivity contribution in [2.45, 2.75) is 44.8 Å². The summed E-state index contributed by atoms with van der Waals surface area (Å²) in [5.74, 6) is -4.41. The van der Waals surface area contributed by atoms with E-state index in [0.717, 1.165) is 5.56 Å². The third kappa shape index (κ3) is 9.26. The number of carbonyl (C=O) groups is 5. The van der Waals surface area contributed by atoms with Crippen LogP contribution in [0.4, 0.5) is 0 Å². The van der Waals surface area contributed by atoms with Gasteiger partial charge in [-0.1, -0.05) is 44.2 Å². The van der Waals surface area contributed by atoms with Crippen molar-refractivity contribution in [3.8, 4) is 0 Å². The summed E-state index contributed by atoms with van der Waals surface area (Å²) < 4.78 is 0. The predicted octanol–water partition coefficient (Wildman–Crippen LogP) is -1.74. The van der Waals surface area contributed by atoms with Gasteiger partial charge in [-0.05, 0) is 11.5 Å². The monoisotopic (exact) mass is 435 g/mol. The number of carboxylic acids is 1. The molecule has 11 nitrogen and oxygen atoms in total. The van der Waals surface area contributed by atoms with Crippen molar-refractivity contribution in [3.05, 3.63) is 35.9 Å². The summed E-state index contributed by atoms with van der Waals surface area (Å²) in [6.45, 7) is 2.88. The minimum atomic E-state index is -1.21. The number of nitrogens with one attached hydrogen (secondary N) is 3. The average Bonchev–Trinajstić information content (AvgIpc) is 2.69. The minimum Gasteiger partial charge on any atom is -0.480 e. The molecule has 0 saturated heterocycles. The molecule has 1 aromatic rings. The van der Waals surface area contributed by atoms with Gasteiger partial charge in [-0.3, -0.25) is 19.2 Å². The van der Waals surface area contributed by atoms with Crippen LogP contribution in [0.15, 0.2) is 30.3 Å². The minimum absolute atomic E-state index is 0.0779. The van der Waals surface area contributed by atoms with E-state index in [4.69, 9.17) is 11.5 Å².